The van der Waals surface area contributed by atoms with Crippen LogP contribution < -0.4 is 10.1 Å². The predicted octanol–water partition coefficient (Wildman–Crippen LogP) is 3.31. The third kappa shape index (κ3) is 3.98. The highest BCUT2D eigenvalue weighted by Gasteiger charge is 2.41. The minimum atomic E-state index is 0.181. The molecule has 0 spiro atoms. The molecule has 1 aliphatic rings. The molecule has 1 heterocycles. The Hall–Kier alpha value is -1.06. The van der Waals surface area contributed by atoms with Crippen LogP contribution in [0.4, 0.5) is 0 Å². The molecule has 3 heteroatoms. The van der Waals surface area contributed by atoms with Crippen LogP contribution in [-0.4, -0.2) is 42.2 Å². The number of ether oxygens (including phenoxy) is 1. The lowest BCUT2D eigenvalue weighted by Crippen LogP contribution is -2.68. The molecule has 2 rings (SSSR count). The van der Waals surface area contributed by atoms with Crippen LogP contribution in [0.1, 0.15) is 40.5 Å². The van der Waals surface area contributed by atoms with Gasteiger partial charge in [0.1, 0.15) is 12.4 Å². The standard InChI is InChI=1S/C18H30N2O/c1-5-18(6-2)14-19-17(3,4)15-20(18)12-13-21-16-10-8-7-9-11-16/h7-11,19H,5-6,12-15H2,1-4H3. The molecular weight excluding hydrogens is 260 g/mol. The van der Waals surface area contributed by atoms with Gasteiger partial charge in [-0.05, 0) is 38.8 Å². The van der Waals surface area contributed by atoms with E-state index in [1.165, 1.54) is 12.8 Å². The van der Waals surface area contributed by atoms with Crippen LogP contribution in [0.2, 0.25) is 0 Å². The molecule has 1 aromatic carbocycles. The molecule has 1 aliphatic heterocycles. The molecule has 0 saturated carbocycles. The lowest BCUT2D eigenvalue weighted by Gasteiger charge is -2.52. The third-order valence-corrected chi connectivity index (χ3v) is 4.84. The first kappa shape index (κ1) is 16.3. The van der Waals surface area contributed by atoms with Crippen molar-refractivity contribution in [1.29, 1.82) is 0 Å². The highest BCUT2D eigenvalue weighted by Crippen LogP contribution is 2.29. The van der Waals surface area contributed by atoms with Crippen molar-refractivity contribution in [2.75, 3.05) is 26.2 Å². The third-order valence-electron chi connectivity index (χ3n) is 4.84. The Bertz CT molecular complexity index is 426. The van der Waals surface area contributed by atoms with Gasteiger partial charge in [0, 0.05) is 30.7 Å². The lowest BCUT2D eigenvalue weighted by atomic mass is 9.84. The molecule has 0 radical (unpaired) electrons. The summed E-state index contributed by atoms with van der Waals surface area (Å²) in [5.74, 6) is 0.963. The number of rotatable bonds is 6. The van der Waals surface area contributed by atoms with Crippen LogP contribution in [0, 0.1) is 0 Å². The molecule has 118 valence electrons. The smallest absolute Gasteiger partial charge is 0.119 e. The molecule has 1 aromatic rings. The normalized spacial score (nSPS) is 21.1. The zero-order valence-electron chi connectivity index (χ0n) is 14.0. The van der Waals surface area contributed by atoms with Crippen LogP contribution in [-0.2, 0) is 0 Å². The molecular formula is C18H30N2O. The molecule has 0 atom stereocenters. The summed E-state index contributed by atoms with van der Waals surface area (Å²) in [5, 5.41) is 3.71. The maximum Gasteiger partial charge on any atom is 0.119 e. The van der Waals surface area contributed by atoms with Crippen molar-refractivity contribution in [3.8, 4) is 5.75 Å². The fourth-order valence-electron chi connectivity index (χ4n) is 3.27. The van der Waals surface area contributed by atoms with E-state index in [2.05, 4.69) is 37.9 Å². The first-order chi connectivity index (χ1) is 10.0. The molecule has 0 bridgehead atoms. The molecule has 0 unspecified atom stereocenters. The Morgan fingerprint density at radius 3 is 2.43 bits per heavy atom. The van der Waals surface area contributed by atoms with Crippen LogP contribution >= 0.6 is 0 Å². The second-order valence-corrected chi connectivity index (χ2v) is 6.75. The summed E-state index contributed by atoms with van der Waals surface area (Å²) in [7, 11) is 0. The fourth-order valence-corrected chi connectivity index (χ4v) is 3.27. The summed E-state index contributed by atoms with van der Waals surface area (Å²) in [6.07, 6.45) is 2.36. The maximum atomic E-state index is 5.90. The second-order valence-electron chi connectivity index (χ2n) is 6.75. The molecule has 0 aliphatic carbocycles. The molecule has 0 amide bonds. The fraction of sp³-hybridized carbons (Fsp3) is 0.667. The van der Waals surface area contributed by atoms with Gasteiger partial charge in [-0.1, -0.05) is 32.0 Å². The Morgan fingerprint density at radius 2 is 1.81 bits per heavy atom. The lowest BCUT2D eigenvalue weighted by molar-refractivity contribution is 0.000797. The largest absolute Gasteiger partial charge is 0.492 e. The van der Waals surface area contributed by atoms with Gasteiger partial charge in [0.2, 0.25) is 0 Å². The molecule has 21 heavy (non-hydrogen) atoms. The van der Waals surface area contributed by atoms with E-state index >= 15 is 0 Å². The number of piperazine rings is 1. The van der Waals surface area contributed by atoms with Crippen LogP contribution in [0.25, 0.3) is 0 Å². The number of hydrogen-bond acceptors (Lipinski definition) is 3. The van der Waals surface area contributed by atoms with Gasteiger partial charge < -0.3 is 10.1 Å². The SMILES string of the molecule is CCC1(CC)CNC(C)(C)CN1CCOc1ccccc1. The Kier molecular flexibility index (Phi) is 5.28. The van der Waals surface area contributed by atoms with Crippen molar-refractivity contribution < 1.29 is 4.74 Å². The molecule has 1 saturated heterocycles. The van der Waals surface area contributed by atoms with Crippen LogP contribution in [0.5, 0.6) is 5.75 Å². The van der Waals surface area contributed by atoms with Gasteiger partial charge in [-0.25, -0.2) is 0 Å². The van der Waals surface area contributed by atoms with Crippen molar-refractivity contribution in [1.82, 2.24) is 10.2 Å². The number of benzene rings is 1. The highest BCUT2D eigenvalue weighted by molar-refractivity contribution is 5.20. The minimum Gasteiger partial charge on any atom is -0.492 e. The average Bonchev–Trinajstić information content (AvgIpc) is 2.49. The topological polar surface area (TPSA) is 24.5 Å². The number of para-hydroxylation sites is 1. The van der Waals surface area contributed by atoms with Crippen molar-refractivity contribution in [3.05, 3.63) is 30.3 Å². The van der Waals surface area contributed by atoms with Gasteiger partial charge in [-0.15, -0.1) is 0 Å². The van der Waals surface area contributed by atoms with Crippen LogP contribution in [0.3, 0.4) is 0 Å². The van der Waals surface area contributed by atoms with E-state index in [4.69, 9.17) is 4.74 Å². The van der Waals surface area contributed by atoms with Crippen molar-refractivity contribution >= 4 is 0 Å². The van der Waals surface area contributed by atoms with E-state index in [0.717, 1.165) is 32.0 Å². The summed E-state index contributed by atoms with van der Waals surface area (Å²) in [6.45, 7) is 13.1. The molecule has 1 fully saturated rings. The van der Waals surface area contributed by atoms with E-state index in [1.54, 1.807) is 0 Å². The van der Waals surface area contributed by atoms with Crippen molar-refractivity contribution in [2.45, 2.75) is 51.6 Å². The van der Waals surface area contributed by atoms with E-state index < -0.39 is 0 Å². The Morgan fingerprint density at radius 1 is 1.14 bits per heavy atom. The monoisotopic (exact) mass is 290 g/mol. The first-order valence-electron chi connectivity index (χ1n) is 8.19. The Balaban J connectivity index is 1.96. The molecule has 3 nitrogen and oxygen atoms in total. The van der Waals surface area contributed by atoms with Gasteiger partial charge in [-0.3, -0.25) is 4.90 Å². The van der Waals surface area contributed by atoms with Gasteiger partial charge in [0.25, 0.3) is 0 Å². The van der Waals surface area contributed by atoms with Crippen molar-refractivity contribution in [2.24, 2.45) is 0 Å². The van der Waals surface area contributed by atoms with Crippen LogP contribution in [0.15, 0.2) is 30.3 Å². The second kappa shape index (κ2) is 6.80. The average molecular weight is 290 g/mol. The van der Waals surface area contributed by atoms with Gasteiger partial charge in [-0.2, -0.15) is 0 Å². The summed E-state index contributed by atoms with van der Waals surface area (Å²) < 4.78 is 5.90. The number of hydrogen-bond donors (Lipinski definition) is 1. The zero-order valence-corrected chi connectivity index (χ0v) is 14.0. The summed E-state index contributed by atoms with van der Waals surface area (Å²) in [4.78, 5) is 2.63. The number of nitrogens with zero attached hydrogens (tertiary/aromatic N) is 1. The van der Waals surface area contributed by atoms with E-state index in [-0.39, 0.29) is 11.1 Å². The maximum absolute atomic E-state index is 5.90. The minimum absolute atomic E-state index is 0.181. The quantitative estimate of drug-likeness (QED) is 0.870. The molecule has 1 N–H and O–H groups in total. The summed E-state index contributed by atoms with van der Waals surface area (Å²) in [5.41, 5.74) is 0.455. The summed E-state index contributed by atoms with van der Waals surface area (Å²) in [6, 6.07) is 10.1. The van der Waals surface area contributed by atoms with Gasteiger partial charge >= 0.3 is 0 Å². The summed E-state index contributed by atoms with van der Waals surface area (Å²) >= 11 is 0. The van der Waals surface area contributed by atoms with E-state index in [1.807, 2.05) is 30.3 Å². The number of nitrogens with one attached hydrogen (secondary N) is 1. The molecule has 0 aromatic heterocycles. The zero-order chi connectivity index (χ0) is 15.3. The Labute approximate surface area is 129 Å². The van der Waals surface area contributed by atoms with E-state index in [9.17, 15) is 0 Å². The van der Waals surface area contributed by atoms with E-state index in [0.29, 0.717) is 0 Å². The van der Waals surface area contributed by atoms with Gasteiger partial charge in [0.05, 0.1) is 0 Å². The van der Waals surface area contributed by atoms with Gasteiger partial charge in [0.15, 0.2) is 0 Å². The predicted molar refractivity (Wildman–Crippen MR) is 88.9 cm³/mol. The highest BCUT2D eigenvalue weighted by atomic mass is 16.5. The van der Waals surface area contributed by atoms with Crippen molar-refractivity contribution in [3.63, 3.8) is 0 Å². The first-order valence-corrected chi connectivity index (χ1v) is 8.19.